The monoisotopic (exact) mass is 446 g/mol. The molecule has 0 saturated heterocycles. The Labute approximate surface area is 181 Å². The highest BCUT2D eigenvalue weighted by atomic mass is 19.4. The zero-order valence-corrected chi connectivity index (χ0v) is 17.1. The van der Waals surface area contributed by atoms with E-state index in [1.54, 1.807) is 25.1 Å². The lowest BCUT2D eigenvalue weighted by molar-refractivity contribution is -0.137. The number of halogens is 3. The maximum Gasteiger partial charge on any atom is 0.416 e. The first-order valence-electron chi connectivity index (χ1n) is 9.95. The Morgan fingerprint density at radius 2 is 1.97 bits per heavy atom. The molecule has 0 amide bonds. The van der Waals surface area contributed by atoms with E-state index >= 15 is 0 Å². The van der Waals surface area contributed by atoms with E-state index in [2.05, 4.69) is 10.5 Å². The van der Waals surface area contributed by atoms with Gasteiger partial charge in [0.1, 0.15) is 29.4 Å². The van der Waals surface area contributed by atoms with Gasteiger partial charge in [0.25, 0.3) is 0 Å². The van der Waals surface area contributed by atoms with Crippen LogP contribution in [0.1, 0.15) is 23.0 Å². The number of ether oxygens (including phenoxy) is 1. The number of benzene rings is 2. The quantitative estimate of drug-likeness (QED) is 0.366. The molecule has 1 unspecified atom stereocenters. The third-order valence-corrected chi connectivity index (χ3v) is 4.85. The highest BCUT2D eigenvalue weighted by Crippen LogP contribution is 2.31. The minimum Gasteiger partial charge on any atom is -0.492 e. The molecule has 0 bridgehead atoms. The summed E-state index contributed by atoms with van der Waals surface area (Å²) in [6.45, 7) is 2.63. The molecule has 168 valence electrons. The third kappa shape index (κ3) is 5.12. The summed E-state index contributed by atoms with van der Waals surface area (Å²) in [6.07, 6.45) is -5.50. The molecule has 0 fully saturated rings. The van der Waals surface area contributed by atoms with Crippen LogP contribution in [0.4, 0.5) is 13.2 Å². The average molecular weight is 446 g/mol. The Morgan fingerprint density at radius 3 is 2.72 bits per heavy atom. The normalized spacial score (nSPS) is 12.9. The van der Waals surface area contributed by atoms with Crippen LogP contribution in [0.25, 0.3) is 22.4 Å². The topological polar surface area (TPSA) is 80.7 Å². The second-order valence-electron chi connectivity index (χ2n) is 7.32. The molecule has 0 radical (unpaired) electrons. The molecule has 9 heteroatoms. The van der Waals surface area contributed by atoms with E-state index in [-0.39, 0.29) is 12.1 Å². The molecule has 0 aliphatic rings. The number of hydrogen-bond acceptors (Lipinski definition) is 6. The summed E-state index contributed by atoms with van der Waals surface area (Å²) in [5.41, 5.74) is 0.727. The number of aromatic nitrogens is 1. The van der Waals surface area contributed by atoms with Crippen LogP contribution < -0.4 is 10.1 Å². The van der Waals surface area contributed by atoms with E-state index in [1.807, 2.05) is 12.1 Å². The Morgan fingerprint density at radius 1 is 1.12 bits per heavy atom. The summed E-state index contributed by atoms with van der Waals surface area (Å²) in [6, 6.07) is 13.7. The van der Waals surface area contributed by atoms with Crippen LogP contribution in [-0.2, 0) is 6.18 Å². The van der Waals surface area contributed by atoms with Gasteiger partial charge in [-0.15, -0.1) is 0 Å². The number of aliphatic hydroxyl groups is 1. The lowest BCUT2D eigenvalue weighted by atomic mass is 10.1. The van der Waals surface area contributed by atoms with E-state index in [9.17, 15) is 18.3 Å². The van der Waals surface area contributed by atoms with Crippen LogP contribution >= 0.6 is 0 Å². The van der Waals surface area contributed by atoms with Crippen molar-refractivity contribution < 1.29 is 32.0 Å². The molecule has 0 aliphatic carbocycles. The van der Waals surface area contributed by atoms with E-state index in [0.29, 0.717) is 41.7 Å². The molecule has 2 aromatic carbocycles. The Hall–Kier alpha value is -3.30. The number of aliphatic hydroxyl groups excluding tert-OH is 1. The van der Waals surface area contributed by atoms with Crippen molar-refractivity contribution in [1.82, 2.24) is 10.5 Å². The number of alkyl halides is 3. The lowest BCUT2D eigenvalue weighted by Gasteiger charge is -2.14. The molecule has 32 heavy (non-hydrogen) atoms. The minimum absolute atomic E-state index is 0.103. The van der Waals surface area contributed by atoms with Crippen LogP contribution in [0.2, 0.25) is 0 Å². The Balaban J connectivity index is 1.27. The molecule has 2 aromatic heterocycles. The van der Waals surface area contributed by atoms with E-state index < -0.39 is 17.8 Å². The van der Waals surface area contributed by atoms with Crippen LogP contribution in [0.3, 0.4) is 0 Å². The van der Waals surface area contributed by atoms with Crippen molar-refractivity contribution in [3.63, 3.8) is 0 Å². The fourth-order valence-electron chi connectivity index (χ4n) is 3.24. The molecule has 4 aromatic rings. The number of aryl methyl sites for hydroxylation is 1. The number of furan rings is 1. The Bertz CT molecular complexity index is 1200. The highest BCUT2D eigenvalue weighted by Gasteiger charge is 2.30. The third-order valence-electron chi connectivity index (χ3n) is 4.85. The molecular weight excluding hydrogens is 425 g/mol. The van der Waals surface area contributed by atoms with Gasteiger partial charge in [-0.2, -0.15) is 13.2 Å². The second kappa shape index (κ2) is 9.05. The number of nitrogens with zero attached hydrogens (tertiary/aromatic N) is 1. The van der Waals surface area contributed by atoms with Gasteiger partial charge in [0, 0.05) is 24.5 Å². The van der Waals surface area contributed by atoms with Crippen molar-refractivity contribution in [1.29, 1.82) is 0 Å². The van der Waals surface area contributed by atoms with E-state index in [0.717, 1.165) is 17.5 Å². The number of fused-ring (bicyclic) bond motifs is 1. The van der Waals surface area contributed by atoms with E-state index in [4.69, 9.17) is 13.7 Å². The SMILES string of the molecule is Cc1cc(-c2cc3cc(OCCNCC(O)c4cccc(C(F)(F)F)c4)ccc3o2)no1. The molecule has 0 spiro atoms. The predicted molar refractivity (Wildman–Crippen MR) is 111 cm³/mol. The standard InChI is InChI=1S/C23H21F3N2O4/c1-14-9-19(28-32-14)22-12-16-11-18(5-6-21(16)31-22)30-8-7-27-13-20(29)15-3-2-4-17(10-15)23(24,25)26/h2-6,9-12,20,27,29H,7-8,13H2,1H3. The Kier molecular flexibility index (Phi) is 6.20. The zero-order valence-electron chi connectivity index (χ0n) is 17.1. The summed E-state index contributed by atoms with van der Waals surface area (Å²) in [5.74, 6) is 1.93. The van der Waals surface area contributed by atoms with Crippen molar-refractivity contribution in [2.45, 2.75) is 19.2 Å². The van der Waals surface area contributed by atoms with Gasteiger partial charge in [-0.25, -0.2) is 0 Å². The van der Waals surface area contributed by atoms with Gasteiger partial charge in [-0.05, 0) is 48.9 Å². The van der Waals surface area contributed by atoms with Gasteiger partial charge < -0.3 is 24.1 Å². The van der Waals surface area contributed by atoms with Crippen molar-refractivity contribution in [2.24, 2.45) is 0 Å². The van der Waals surface area contributed by atoms with Gasteiger partial charge in [0.05, 0.1) is 11.7 Å². The molecule has 2 N–H and O–H groups in total. The molecule has 0 aliphatic heterocycles. The van der Waals surface area contributed by atoms with Gasteiger partial charge in [0.15, 0.2) is 5.76 Å². The average Bonchev–Trinajstić information content (AvgIpc) is 3.38. The molecule has 0 saturated carbocycles. The predicted octanol–water partition coefficient (Wildman–Crippen LogP) is 5.12. The highest BCUT2D eigenvalue weighted by molar-refractivity contribution is 5.83. The summed E-state index contributed by atoms with van der Waals surface area (Å²) >= 11 is 0. The summed E-state index contributed by atoms with van der Waals surface area (Å²) < 4.78 is 55.0. The van der Waals surface area contributed by atoms with Gasteiger partial charge in [0.2, 0.25) is 0 Å². The van der Waals surface area contributed by atoms with Crippen molar-refractivity contribution in [3.8, 4) is 17.2 Å². The zero-order chi connectivity index (χ0) is 22.7. The van der Waals surface area contributed by atoms with Crippen LogP contribution in [0, 0.1) is 6.92 Å². The van der Waals surface area contributed by atoms with Crippen molar-refractivity contribution in [3.05, 3.63) is 71.5 Å². The lowest BCUT2D eigenvalue weighted by Crippen LogP contribution is -2.26. The molecule has 4 rings (SSSR count). The minimum atomic E-state index is -4.44. The molecule has 1 atom stereocenters. The number of hydrogen-bond donors (Lipinski definition) is 2. The fraction of sp³-hybridized carbons (Fsp3) is 0.261. The number of nitrogens with one attached hydrogen (secondary N) is 1. The van der Waals surface area contributed by atoms with Gasteiger partial charge >= 0.3 is 6.18 Å². The van der Waals surface area contributed by atoms with Crippen LogP contribution in [0.5, 0.6) is 5.75 Å². The maximum absolute atomic E-state index is 12.8. The van der Waals surface area contributed by atoms with Gasteiger partial charge in [-0.1, -0.05) is 17.3 Å². The first-order chi connectivity index (χ1) is 15.3. The first kappa shape index (κ1) is 21.9. The molecular formula is C23H21F3N2O4. The van der Waals surface area contributed by atoms with Gasteiger partial charge in [-0.3, -0.25) is 0 Å². The summed E-state index contributed by atoms with van der Waals surface area (Å²) in [4.78, 5) is 0. The van der Waals surface area contributed by atoms with E-state index in [1.165, 1.54) is 12.1 Å². The molecule has 6 nitrogen and oxygen atoms in total. The summed E-state index contributed by atoms with van der Waals surface area (Å²) in [5, 5.41) is 17.9. The van der Waals surface area contributed by atoms with Crippen molar-refractivity contribution >= 4 is 11.0 Å². The van der Waals surface area contributed by atoms with Crippen LogP contribution in [-0.4, -0.2) is 30.0 Å². The maximum atomic E-state index is 12.8. The largest absolute Gasteiger partial charge is 0.492 e. The fourth-order valence-corrected chi connectivity index (χ4v) is 3.24. The number of rotatable bonds is 8. The smallest absolute Gasteiger partial charge is 0.416 e. The second-order valence-corrected chi connectivity index (χ2v) is 7.32. The summed E-state index contributed by atoms with van der Waals surface area (Å²) in [7, 11) is 0. The first-order valence-corrected chi connectivity index (χ1v) is 9.95. The van der Waals surface area contributed by atoms with Crippen LogP contribution in [0.15, 0.2) is 63.5 Å². The molecule has 2 heterocycles. The van der Waals surface area contributed by atoms with Crippen molar-refractivity contribution in [2.75, 3.05) is 19.7 Å².